The molecule has 1 heterocycles. The lowest BCUT2D eigenvalue weighted by Crippen LogP contribution is -2.28. The Bertz CT molecular complexity index is 80.5. The van der Waals surface area contributed by atoms with E-state index in [1.807, 2.05) is 0 Å². The number of hydrogen-bond acceptors (Lipinski definition) is 4. The van der Waals surface area contributed by atoms with Crippen molar-refractivity contribution in [2.75, 3.05) is 6.61 Å². The highest BCUT2D eigenvalue weighted by Crippen LogP contribution is 2.18. The first-order chi connectivity index (χ1) is 3.58. The summed E-state index contributed by atoms with van der Waals surface area (Å²) in [7, 11) is 0. The molecule has 0 spiro atoms. The van der Waals surface area contributed by atoms with Gasteiger partial charge in [0.15, 0.2) is 0 Å². The average molecular weight is 120 g/mol. The van der Waals surface area contributed by atoms with Crippen LogP contribution in [0.15, 0.2) is 0 Å². The zero-order chi connectivity index (χ0) is 6.20. The van der Waals surface area contributed by atoms with Gasteiger partial charge in [0.2, 0.25) is 0 Å². The van der Waals surface area contributed by atoms with E-state index in [0.29, 0.717) is 6.61 Å². The minimum Gasteiger partial charge on any atom is -0.373 e. The van der Waals surface area contributed by atoms with Crippen LogP contribution in [-0.4, -0.2) is 34.0 Å². The lowest BCUT2D eigenvalue weighted by molar-refractivity contribution is -0.315. The van der Waals surface area contributed by atoms with Gasteiger partial charge in [0, 0.05) is 0 Å². The van der Waals surface area contributed by atoms with Crippen LogP contribution in [0.3, 0.4) is 0 Å². The van der Waals surface area contributed by atoms with Gasteiger partial charge in [0.05, 0.1) is 19.1 Å². The van der Waals surface area contributed by atoms with Gasteiger partial charge in [-0.25, -0.2) is 0 Å². The van der Waals surface area contributed by atoms with Crippen molar-refractivity contribution < 1.29 is 20.1 Å². The van der Waals surface area contributed by atoms with Crippen molar-refractivity contribution in [3.8, 4) is 0 Å². The molecular weight excluding hydrogens is 112 g/mol. The molecular formula is C4H8O4. The molecule has 1 aliphatic heterocycles. The van der Waals surface area contributed by atoms with E-state index in [0.717, 1.165) is 0 Å². The topological polar surface area (TPSA) is 73.2 Å². The van der Waals surface area contributed by atoms with E-state index >= 15 is 0 Å². The highest BCUT2D eigenvalue weighted by atomic mass is 16.7. The minimum atomic E-state index is -2.54. The van der Waals surface area contributed by atoms with Crippen molar-refractivity contribution in [2.45, 2.75) is 18.5 Å². The number of epoxide rings is 1. The average Bonchev–Trinajstić information content (AvgIpc) is 2.12. The molecule has 48 valence electrons. The fraction of sp³-hybridized carbons (Fsp3) is 1.00. The number of hydrogen-bond donors (Lipinski definition) is 3. The quantitative estimate of drug-likeness (QED) is 0.303. The molecule has 0 aromatic rings. The molecule has 0 bridgehead atoms. The van der Waals surface area contributed by atoms with Gasteiger partial charge in [-0.2, -0.15) is 0 Å². The number of ether oxygens (including phenoxy) is 1. The standard InChI is InChI=1S/C4H8O4/c5-4(6,7)1-3-2-8-3/h3,5-7H,1-2H2. The normalized spacial score (nSPS) is 28.1. The van der Waals surface area contributed by atoms with E-state index in [-0.39, 0.29) is 12.5 Å². The maximum Gasteiger partial charge on any atom is 0.277 e. The zero-order valence-corrected chi connectivity index (χ0v) is 4.24. The molecule has 1 atom stereocenters. The molecule has 0 aliphatic carbocycles. The maximum atomic E-state index is 8.26. The second-order valence-corrected chi connectivity index (χ2v) is 1.93. The van der Waals surface area contributed by atoms with Crippen LogP contribution < -0.4 is 0 Å². The molecule has 4 heteroatoms. The summed E-state index contributed by atoms with van der Waals surface area (Å²) in [6, 6.07) is 0. The first-order valence-electron chi connectivity index (χ1n) is 2.37. The van der Waals surface area contributed by atoms with Crippen LogP contribution in [0.1, 0.15) is 6.42 Å². The SMILES string of the molecule is OC(O)(O)CC1CO1. The molecule has 1 fully saturated rings. The summed E-state index contributed by atoms with van der Waals surface area (Å²) < 4.78 is 4.60. The molecule has 0 aromatic carbocycles. The Labute approximate surface area is 46.3 Å². The van der Waals surface area contributed by atoms with Crippen LogP contribution in [0.4, 0.5) is 0 Å². The monoisotopic (exact) mass is 120 g/mol. The molecule has 1 rings (SSSR count). The lowest BCUT2D eigenvalue weighted by atomic mass is 10.3. The van der Waals surface area contributed by atoms with E-state index in [1.165, 1.54) is 0 Å². The molecule has 3 N–H and O–H groups in total. The van der Waals surface area contributed by atoms with Gasteiger partial charge in [-0.3, -0.25) is 0 Å². The Hall–Kier alpha value is -0.160. The number of aliphatic hydroxyl groups is 3. The van der Waals surface area contributed by atoms with E-state index < -0.39 is 5.97 Å². The van der Waals surface area contributed by atoms with E-state index in [1.54, 1.807) is 0 Å². The Morgan fingerprint density at radius 1 is 1.50 bits per heavy atom. The van der Waals surface area contributed by atoms with Crippen molar-refractivity contribution in [3.63, 3.8) is 0 Å². The van der Waals surface area contributed by atoms with Crippen LogP contribution in [0.2, 0.25) is 0 Å². The van der Waals surface area contributed by atoms with Gasteiger partial charge in [0.25, 0.3) is 5.97 Å². The third kappa shape index (κ3) is 2.23. The van der Waals surface area contributed by atoms with Gasteiger partial charge in [0.1, 0.15) is 0 Å². The molecule has 0 amide bonds. The van der Waals surface area contributed by atoms with Crippen LogP contribution in [0, 0.1) is 0 Å². The first kappa shape index (κ1) is 5.97. The van der Waals surface area contributed by atoms with Crippen molar-refractivity contribution in [1.29, 1.82) is 0 Å². The van der Waals surface area contributed by atoms with E-state index in [9.17, 15) is 0 Å². The summed E-state index contributed by atoms with van der Waals surface area (Å²) in [5, 5.41) is 24.8. The second-order valence-electron chi connectivity index (χ2n) is 1.93. The van der Waals surface area contributed by atoms with Crippen molar-refractivity contribution in [1.82, 2.24) is 0 Å². The summed E-state index contributed by atoms with van der Waals surface area (Å²) >= 11 is 0. The van der Waals surface area contributed by atoms with Gasteiger partial charge < -0.3 is 20.1 Å². The Kier molecular flexibility index (Phi) is 1.24. The third-order valence-corrected chi connectivity index (χ3v) is 0.904. The lowest BCUT2D eigenvalue weighted by Gasteiger charge is -2.10. The summed E-state index contributed by atoms with van der Waals surface area (Å²) in [5.74, 6) is -2.54. The van der Waals surface area contributed by atoms with E-state index in [2.05, 4.69) is 4.74 Å². The zero-order valence-electron chi connectivity index (χ0n) is 4.24. The molecule has 0 aromatic heterocycles. The largest absolute Gasteiger partial charge is 0.373 e. The van der Waals surface area contributed by atoms with Gasteiger partial charge in [-0.05, 0) is 0 Å². The van der Waals surface area contributed by atoms with Gasteiger partial charge >= 0.3 is 0 Å². The van der Waals surface area contributed by atoms with Crippen LogP contribution in [0.25, 0.3) is 0 Å². The minimum absolute atomic E-state index is 0.118. The summed E-state index contributed by atoms with van der Waals surface area (Å²) in [6.07, 6.45) is -0.275. The Balaban J connectivity index is 2.16. The fourth-order valence-electron chi connectivity index (χ4n) is 0.491. The Morgan fingerprint density at radius 2 is 2.00 bits per heavy atom. The number of rotatable bonds is 2. The van der Waals surface area contributed by atoms with Crippen molar-refractivity contribution in [2.24, 2.45) is 0 Å². The molecule has 0 radical (unpaired) electrons. The third-order valence-electron chi connectivity index (χ3n) is 0.904. The summed E-state index contributed by atoms with van der Waals surface area (Å²) in [5.41, 5.74) is 0. The van der Waals surface area contributed by atoms with Crippen LogP contribution >= 0.6 is 0 Å². The fourth-order valence-corrected chi connectivity index (χ4v) is 0.491. The molecule has 1 saturated heterocycles. The van der Waals surface area contributed by atoms with Gasteiger partial charge in [-0.1, -0.05) is 0 Å². The summed E-state index contributed by atoms with van der Waals surface area (Å²) in [4.78, 5) is 0. The Morgan fingerprint density at radius 3 is 2.12 bits per heavy atom. The molecule has 8 heavy (non-hydrogen) atoms. The van der Waals surface area contributed by atoms with Crippen molar-refractivity contribution >= 4 is 0 Å². The predicted molar refractivity (Wildman–Crippen MR) is 23.7 cm³/mol. The van der Waals surface area contributed by atoms with Crippen LogP contribution in [0.5, 0.6) is 0 Å². The smallest absolute Gasteiger partial charge is 0.277 e. The first-order valence-corrected chi connectivity index (χ1v) is 2.37. The highest BCUT2D eigenvalue weighted by molar-refractivity contribution is 4.71. The molecule has 4 nitrogen and oxygen atoms in total. The van der Waals surface area contributed by atoms with Crippen LogP contribution in [-0.2, 0) is 4.74 Å². The highest BCUT2D eigenvalue weighted by Gasteiger charge is 2.32. The molecule has 0 saturated carbocycles. The molecule has 1 unspecified atom stereocenters. The summed E-state index contributed by atoms with van der Waals surface area (Å²) in [6.45, 7) is 0.517. The van der Waals surface area contributed by atoms with Gasteiger partial charge in [-0.15, -0.1) is 0 Å². The predicted octanol–water partition coefficient (Wildman–Crippen LogP) is -1.59. The van der Waals surface area contributed by atoms with E-state index in [4.69, 9.17) is 15.3 Å². The second kappa shape index (κ2) is 1.66. The maximum absolute atomic E-state index is 8.26. The molecule has 1 aliphatic rings. The van der Waals surface area contributed by atoms with Crippen molar-refractivity contribution in [3.05, 3.63) is 0 Å².